The average Bonchev–Trinajstić information content (AvgIpc) is 2.68. The highest BCUT2D eigenvalue weighted by molar-refractivity contribution is 5.65. The van der Waals surface area contributed by atoms with E-state index in [1.807, 2.05) is 0 Å². The van der Waals surface area contributed by atoms with Gasteiger partial charge < -0.3 is 14.7 Å². The molecular weight excluding hydrogens is 198 g/mol. The molecule has 6 nitrogen and oxygen atoms in total. The van der Waals surface area contributed by atoms with Gasteiger partial charge in [0.25, 0.3) is 0 Å². The maximum Gasteiger partial charge on any atom is 0.407 e. The normalized spacial score (nSPS) is 20.3. The fourth-order valence-corrected chi connectivity index (χ4v) is 1.52. The SMILES string of the molecule is O=C(O)N1CC[C@H](Oc2cnccn2)C1. The summed E-state index contributed by atoms with van der Waals surface area (Å²) in [4.78, 5) is 19.8. The standard InChI is InChI=1S/C9H11N3O3/c13-9(14)12-4-1-7(6-12)15-8-5-10-2-3-11-8/h2-3,5,7H,1,4,6H2,(H,13,14)/t7-/m0/s1. The van der Waals surface area contributed by atoms with Crippen LogP contribution < -0.4 is 4.74 Å². The quantitative estimate of drug-likeness (QED) is 0.772. The van der Waals surface area contributed by atoms with Gasteiger partial charge in [0, 0.05) is 25.4 Å². The Kier molecular flexibility index (Phi) is 2.66. The van der Waals surface area contributed by atoms with Gasteiger partial charge in [0.1, 0.15) is 6.10 Å². The van der Waals surface area contributed by atoms with Crippen LogP contribution in [0.5, 0.6) is 5.88 Å². The highest BCUT2D eigenvalue weighted by atomic mass is 16.5. The molecule has 0 aliphatic carbocycles. The molecule has 1 amide bonds. The summed E-state index contributed by atoms with van der Waals surface area (Å²) >= 11 is 0. The van der Waals surface area contributed by atoms with Gasteiger partial charge in [-0.25, -0.2) is 9.78 Å². The predicted octanol–water partition coefficient (Wildman–Crippen LogP) is 0.608. The third kappa shape index (κ3) is 2.34. The van der Waals surface area contributed by atoms with Gasteiger partial charge in [-0.15, -0.1) is 0 Å². The van der Waals surface area contributed by atoms with Crippen LogP contribution in [0.4, 0.5) is 4.79 Å². The Morgan fingerprint density at radius 3 is 3.07 bits per heavy atom. The van der Waals surface area contributed by atoms with Gasteiger partial charge in [-0.3, -0.25) is 4.98 Å². The van der Waals surface area contributed by atoms with E-state index >= 15 is 0 Å². The zero-order chi connectivity index (χ0) is 10.7. The average molecular weight is 209 g/mol. The molecule has 2 heterocycles. The summed E-state index contributed by atoms with van der Waals surface area (Å²) in [6.07, 6.45) is 4.30. The van der Waals surface area contributed by atoms with Gasteiger partial charge >= 0.3 is 6.09 Å². The van der Waals surface area contributed by atoms with Crippen molar-refractivity contribution in [2.75, 3.05) is 13.1 Å². The van der Waals surface area contributed by atoms with Crippen LogP contribution in [-0.4, -0.2) is 45.3 Å². The number of nitrogens with zero attached hydrogens (tertiary/aromatic N) is 3. The Morgan fingerprint density at radius 2 is 2.47 bits per heavy atom. The van der Waals surface area contributed by atoms with E-state index in [1.165, 1.54) is 11.1 Å². The first-order valence-corrected chi connectivity index (χ1v) is 4.66. The fraction of sp³-hybridized carbons (Fsp3) is 0.444. The largest absolute Gasteiger partial charge is 0.471 e. The molecule has 1 aromatic heterocycles. The molecule has 0 bridgehead atoms. The molecule has 0 saturated carbocycles. The Labute approximate surface area is 86.5 Å². The van der Waals surface area contributed by atoms with Crippen molar-refractivity contribution in [3.63, 3.8) is 0 Å². The number of hydrogen-bond acceptors (Lipinski definition) is 4. The minimum absolute atomic E-state index is 0.113. The van der Waals surface area contributed by atoms with Crippen molar-refractivity contribution in [2.24, 2.45) is 0 Å². The second kappa shape index (κ2) is 4.12. The van der Waals surface area contributed by atoms with Crippen molar-refractivity contribution < 1.29 is 14.6 Å². The van der Waals surface area contributed by atoms with Crippen LogP contribution in [0.15, 0.2) is 18.6 Å². The zero-order valence-corrected chi connectivity index (χ0v) is 8.04. The monoisotopic (exact) mass is 209 g/mol. The summed E-state index contributed by atoms with van der Waals surface area (Å²) in [6, 6.07) is 0. The van der Waals surface area contributed by atoms with Gasteiger partial charge in [0.05, 0.1) is 12.7 Å². The Bertz CT molecular complexity index is 344. The number of carbonyl (C=O) groups is 1. The van der Waals surface area contributed by atoms with Gasteiger partial charge in [-0.1, -0.05) is 0 Å². The summed E-state index contributed by atoms with van der Waals surface area (Å²) in [5, 5.41) is 8.74. The molecule has 1 aliphatic heterocycles. The van der Waals surface area contributed by atoms with Crippen LogP contribution in [0.25, 0.3) is 0 Å². The van der Waals surface area contributed by atoms with Crippen LogP contribution in [0.2, 0.25) is 0 Å². The van der Waals surface area contributed by atoms with Gasteiger partial charge in [-0.2, -0.15) is 0 Å². The van der Waals surface area contributed by atoms with E-state index in [9.17, 15) is 4.79 Å². The van der Waals surface area contributed by atoms with Crippen LogP contribution in [-0.2, 0) is 0 Å². The smallest absolute Gasteiger partial charge is 0.407 e. The highest BCUT2D eigenvalue weighted by Gasteiger charge is 2.27. The lowest BCUT2D eigenvalue weighted by molar-refractivity contribution is 0.144. The lowest BCUT2D eigenvalue weighted by Gasteiger charge is -2.13. The molecule has 0 aromatic carbocycles. The number of carboxylic acid groups (broad SMARTS) is 1. The molecule has 1 aliphatic rings. The molecule has 80 valence electrons. The fourth-order valence-electron chi connectivity index (χ4n) is 1.52. The van der Waals surface area contributed by atoms with Crippen LogP contribution in [0, 0.1) is 0 Å². The van der Waals surface area contributed by atoms with Crippen molar-refractivity contribution in [2.45, 2.75) is 12.5 Å². The molecule has 6 heteroatoms. The molecule has 1 aromatic rings. The molecular formula is C9H11N3O3. The highest BCUT2D eigenvalue weighted by Crippen LogP contribution is 2.15. The third-order valence-electron chi connectivity index (χ3n) is 2.24. The molecule has 1 N–H and O–H groups in total. The molecule has 0 unspecified atom stereocenters. The van der Waals surface area contributed by atoms with Gasteiger partial charge in [-0.05, 0) is 0 Å². The van der Waals surface area contributed by atoms with Gasteiger partial charge in [0.15, 0.2) is 0 Å². The van der Waals surface area contributed by atoms with E-state index in [4.69, 9.17) is 9.84 Å². The number of amides is 1. The Morgan fingerprint density at radius 1 is 1.60 bits per heavy atom. The first-order chi connectivity index (χ1) is 7.25. The Balaban J connectivity index is 1.90. The summed E-state index contributed by atoms with van der Waals surface area (Å²) in [5.41, 5.74) is 0. The number of likely N-dealkylation sites (tertiary alicyclic amines) is 1. The van der Waals surface area contributed by atoms with Crippen LogP contribution in [0.1, 0.15) is 6.42 Å². The topological polar surface area (TPSA) is 75.5 Å². The van der Waals surface area contributed by atoms with E-state index in [0.717, 1.165) is 0 Å². The lowest BCUT2D eigenvalue weighted by atomic mass is 10.3. The zero-order valence-electron chi connectivity index (χ0n) is 8.04. The van der Waals surface area contributed by atoms with E-state index < -0.39 is 6.09 Å². The lowest BCUT2D eigenvalue weighted by Crippen LogP contribution is -2.29. The Hall–Kier alpha value is -1.85. The van der Waals surface area contributed by atoms with Crippen molar-refractivity contribution in [1.29, 1.82) is 0 Å². The van der Waals surface area contributed by atoms with Crippen molar-refractivity contribution in [1.82, 2.24) is 14.9 Å². The minimum atomic E-state index is -0.903. The predicted molar refractivity (Wildman–Crippen MR) is 50.7 cm³/mol. The number of hydrogen-bond donors (Lipinski definition) is 1. The molecule has 0 spiro atoms. The summed E-state index contributed by atoms with van der Waals surface area (Å²) in [5.74, 6) is 0.440. The summed E-state index contributed by atoms with van der Waals surface area (Å²) in [6.45, 7) is 0.909. The number of rotatable bonds is 2. The summed E-state index contributed by atoms with van der Waals surface area (Å²) < 4.78 is 5.48. The second-order valence-corrected chi connectivity index (χ2v) is 3.30. The maximum atomic E-state index is 10.6. The third-order valence-corrected chi connectivity index (χ3v) is 2.24. The molecule has 2 rings (SSSR count). The molecule has 1 atom stereocenters. The first-order valence-electron chi connectivity index (χ1n) is 4.66. The van der Waals surface area contributed by atoms with Crippen molar-refractivity contribution in [3.8, 4) is 5.88 Å². The van der Waals surface area contributed by atoms with Gasteiger partial charge in [0.2, 0.25) is 5.88 Å². The summed E-state index contributed by atoms with van der Waals surface area (Å²) in [7, 11) is 0. The van der Waals surface area contributed by atoms with Crippen LogP contribution in [0.3, 0.4) is 0 Å². The van der Waals surface area contributed by atoms with Crippen molar-refractivity contribution >= 4 is 6.09 Å². The van der Waals surface area contributed by atoms with Crippen molar-refractivity contribution in [3.05, 3.63) is 18.6 Å². The molecule has 15 heavy (non-hydrogen) atoms. The van der Waals surface area contributed by atoms with Crippen LogP contribution >= 0.6 is 0 Å². The minimum Gasteiger partial charge on any atom is -0.471 e. The maximum absolute atomic E-state index is 10.6. The first kappa shape index (κ1) is 9.70. The van der Waals surface area contributed by atoms with E-state index in [0.29, 0.717) is 25.4 Å². The van der Waals surface area contributed by atoms with E-state index in [2.05, 4.69) is 9.97 Å². The van der Waals surface area contributed by atoms with E-state index in [1.54, 1.807) is 12.4 Å². The number of ether oxygens (including phenoxy) is 1. The van der Waals surface area contributed by atoms with E-state index in [-0.39, 0.29) is 6.10 Å². The molecule has 1 fully saturated rings. The molecule has 0 radical (unpaired) electrons. The second-order valence-electron chi connectivity index (χ2n) is 3.30. The number of aromatic nitrogens is 2. The molecule has 1 saturated heterocycles.